The number of methoxy groups -OCH3 is 2. The Bertz CT molecular complexity index is 972. The molecule has 0 saturated heterocycles. The molecule has 18 atom stereocenters. The molecule has 0 aromatic carbocycles. The standard InChI is InChI=1S/C18H28O2.C18H30O2/c1-8-9(2)12-6-11(8)15-13-7-14(16(12)15)18(4,10(13)3)17(19)20-5;1-6-11-8-12(7-2)16-14-9-13(15(11)16)10(3)18(14,4)17(19)20-5/h8-16H,6-7H2,1-5H3;10-16H,6-9H2,1-5H3. The molecule has 0 heterocycles. The molecule has 0 spiro atoms. The summed E-state index contributed by atoms with van der Waals surface area (Å²) in [4.78, 5) is 24.9. The van der Waals surface area contributed by atoms with E-state index in [1.165, 1.54) is 38.5 Å². The molecule has 40 heavy (non-hydrogen) atoms. The molecular formula is C36H58O4. The third kappa shape index (κ3) is 3.37. The molecule has 18 unspecified atom stereocenters. The van der Waals surface area contributed by atoms with Gasteiger partial charge in [0.05, 0.1) is 25.0 Å². The minimum atomic E-state index is -0.226. The van der Waals surface area contributed by atoms with Crippen molar-refractivity contribution in [1.29, 1.82) is 0 Å². The molecule has 7 rings (SSSR count). The molecule has 0 aliphatic heterocycles. The zero-order valence-electron chi connectivity index (χ0n) is 27.1. The summed E-state index contributed by atoms with van der Waals surface area (Å²) in [5.41, 5.74) is -0.440. The molecule has 0 radical (unpaired) electrons. The van der Waals surface area contributed by atoms with Crippen LogP contribution < -0.4 is 0 Å². The lowest BCUT2D eigenvalue weighted by Crippen LogP contribution is -2.50. The predicted molar refractivity (Wildman–Crippen MR) is 158 cm³/mol. The second kappa shape index (κ2) is 9.73. The molecule has 7 saturated carbocycles. The fourth-order valence-corrected chi connectivity index (χ4v) is 14.0. The highest BCUT2D eigenvalue weighted by molar-refractivity contribution is 5.78. The lowest BCUT2D eigenvalue weighted by Gasteiger charge is -2.49. The lowest BCUT2D eigenvalue weighted by atomic mass is 9.55. The molecule has 7 aliphatic carbocycles. The Kier molecular flexibility index (Phi) is 7.06. The van der Waals surface area contributed by atoms with Gasteiger partial charge in [0.25, 0.3) is 0 Å². The van der Waals surface area contributed by atoms with Gasteiger partial charge in [0, 0.05) is 0 Å². The van der Waals surface area contributed by atoms with Crippen molar-refractivity contribution in [2.24, 2.45) is 106 Å². The zero-order chi connectivity index (χ0) is 29.0. The average molecular weight is 555 g/mol. The second-order valence-corrected chi connectivity index (χ2v) is 16.3. The Labute approximate surface area is 244 Å². The Balaban J connectivity index is 0.000000145. The summed E-state index contributed by atoms with van der Waals surface area (Å²) < 4.78 is 10.4. The first-order valence-electron chi connectivity index (χ1n) is 17.1. The van der Waals surface area contributed by atoms with E-state index in [0.29, 0.717) is 23.7 Å². The maximum atomic E-state index is 12.5. The molecule has 0 N–H and O–H groups in total. The quantitative estimate of drug-likeness (QED) is 0.263. The van der Waals surface area contributed by atoms with Crippen LogP contribution in [0.4, 0.5) is 0 Å². The molecule has 7 fully saturated rings. The average Bonchev–Trinajstić information content (AvgIpc) is 3.79. The normalized spacial score (nSPS) is 58.0. The van der Waals surface area contributed by atoms with E-state index in [2.05, 4.69) is 55.4 Å². The van der Waals surface area contributed by atoms with Gasteiger partial charge in [-0.1, -0.05) is 54.4 Å². The minimum absolute atomic E-state index is 0.0470. The van der Waals surface area contributed by atoms with Gasteiger partial charge >= 0.3 is 11.9 Å². The number of carbonyl (C=O) groups is 2. The highest BCUT2D eigenvalue weighted by atomic mass is 16.5. The van der Waals surface area contributed by atoms with Crippen LogP contribution in [-0.2, 0) is 19.1 Å². The van der Waals surface area contributed by atoms with Crippen molar-refractivity contribution in [3.05, 3.63) is 0 Å². The third-order valence-corrected chi connectivity index (χ3v) is 16.3. The summed E-state index contributed by atoms with van der Waals surface area (Å²) in [5, 5.41) is 0. The van der Waals surface area contributed by atoms with E-state index >= 15 is 0 Å². The fraction of sp³-hybridized carbons (Fsp3) is 0.944. The number of fused-ring (bicyclic) bond motifs is 14. The molecule has 4 nitrogen and oxygen atoms in total. The summed E-state index contributed by atoms with van der Waals surface area (Å²) >= 11 is 0. The highest BCUT2D eigenvalue weighted by Crippen LogP contribution is 2.75. The van der Waals surface area contributed by atoms with Crippen LogP contribution in [0.15, 0.2) is 0 Å². The van der Waals surface area contributed by atoms with Gasteiger partial charge in [-0.3, -0.25) is 9.59 Å². The van der Waals surface area contributed by atoms with Crippen LogP contribution in [0.3, 0.4) is 0 Å². The van der Waals surface area contributed by atoms with Gasteiger partial charge < -0.3 is 9.47 Å². The highest BCUT2D eigenvalue weighted by Gasteiger charge is 2.73. The number of ether oxygens (including phenoxy) is 2. The summed E-state index contributed by atoms with van der Waals surface area (Å²) in [6, 6.07) is 0. The van der Waals surface area contributed by atoms with Crippen LogP contribution >= 0.6 is 0 Å². The van der Waals surface area contributed by atoms with Crippen LogP contribution in [0.5, 0.6) is 0 Å². The van der Waals surface area contributed by atoms with Crippen molar-refractivity contribution in [2.45, 2.75) is 93.9 Å². The van der Waals surface area contributed by atoms with Crippen LogP contribution in [0.1, 0.15) is 93.9 Å². The maximum absolute atomic E-state index is 12.5. The second-order valence-electron chi connectivity index (χ2n) is 16.3. The van der Waals surface area contributed by atoms with Gasteiger partial charge in [-0.15, -0.1) is 0 Å². The zero-order valence-corrected chi connectivity index (χ0v) is 27.1. The molecule has 7 aliphatic rings. The third-order valence-electron chi connectivity index (χ3n) is 16.3. The van der Waals surface area contributed by atoms with Crippen LogP contribution in [-0.4, -0.2) is 26.2 Å². The minimum Gasteiger partial charge on any atom is -0.469 e. The Morgan fingerprint density at radius 2 is 1.02 bits per heavy atom. The van der Waals surface area contributed by atoms with E-state index in [-0.39, 0.29) is 22.8 Å². The van der Waals surface area contributed by atoms with Gasteiger partial charge in [-0.25, -0.2) is 0 Å². The topological polar surface area (TPSA) is 52.6 Å². The van der Waals surface area contributed by atoms with E-state index in [9.17, 15) is 9.59 Å². The van der Waals surface area contributed by atoms with Crippen molar-refractivity contribution in [2.75, 3.05) is 14.2 Å². The number of hydrogen-bond acceptors (Lipinski definition) is 4. The number of carbonyl (C=O) groups excluding carboxylic acids is 2. The van der Waals surface area contributed by atoms with E-state index in [4.69, 9.17) is 9.47 Å². The van der Waals surface area contributed by atoms with E-state index < -0.39 is 0 Å². The summed E-state index contributed by atoms with van der Waals surface area (Å²) in [6.45, 7) is 18.6. The molecular weight excluding hydrogens is 496 g/mol. The lowest BCUT2D eigenvalue weighted by molar-refractivity contribution is -0.164. The molecule has 6 bridgehead atoms. The first-order valence-corrected chi connectivity index (χ1v) is 17.1. The van der Waals surface area contributed by atoms with E-state index in [1.807, 2.05) is 0 Å². The first-order chi connectivity index (χ1) is 18.9. The van der Waals surface area contributed by atoms with Crippen molar-refractivity contribution in [1.82, 2.24) is 0 Å². The van der Waals surface area contributed by atoms with Crippen LogP contribution in [0.2, 0.25) is 0 Å². The van der Waals surface area contributed by atoms with E-state index in [1.54, 1.807) is 14.2 Å². The molecule has 0 aromatic rings. The largest absolute Gasteiger partial charge is 0.469 e. The molecule has 0 aromatic heterocycles. The van der Waals surface area contributed by atoms with Crippen molar-refractivity contribution < 1.29 is 19.1 Å². The Hall–Kier alpha value is -1.06. The predicted octanol–water partition coefficient (Wildman–Crippen LogP) is 7.75. The van der Waals surface area contributed by atoms with Gasteiger partial charge in [0.2, 0.25) is 0 Å². The number of hydrogen-bond donors (Lipinski definition) is 0. The number of rotatable bonds is 4. The molecule has 0 amide bonds. The Morgan fingerprint density at radius 1 is 0.600 bits per heavy atom. The van der Waals surface area contributed by atoms with Gasteiger partial charge in [-0.2, -0.15) is 0 Å². The van der Waals surface area contributed by atoms with Crippen molar-refractivity contribution >= 4 is 11.9 Å². The van der Waals surface area contributed by atoms with Crippen LogP contribution in [0, 0.1) is 106 Å². The summed E-state index contributed by atoms with van der Waals surface area (Å²) in [5.74, 6) is 12.5. The Morgan fingerprint density at radius 3 is 1.50 bits per heavy atom. The van der Waals surface area contributed by atoms with Crippen LogP contribution in [0.25, 0.3) is 0 Å². The monoisotopic (exact) mass is 554 g/mol. The smallest absolute Gasteiger partial charge is 0.312 e. The number of esters is 2. The first kappa shape index (κ1) is 29.0. The van der Waals surface area contributed by atoms with Gasteiger partial charge in [0.15, 0.2) is 0 Å². The van der Waals surface area contributed by atoms with Crippen molar-refractivity contribution in [3.8, 4) is 0 Å². The SMILES string of the molecule is CCC1CC(CC)C2C1C1CC2C(C)(C(=O)OC)C1C.COC(=O)C1(C)C(C)C2CC1C1C3CC(C(C)C3C)C21. The maximum Gasteiger partial charge on any atom is 0.312 e. The van der Waals surface area contributed by atoms with Gasteiger partial charge in [-0.05, 0) is 134 Å². The van der Waals surface area contributed by atoms with E-state index in [0.717, 1.165) is 71.0 Å². The fourth-order valence-electron chi connectivity index (χ4n) is 14.0. The summed E-state index contributed by atoms with van der Waals surface area (Å²) in [7, 11) is 3.12. The van der Waals surface area contributed by atoms with Crippen molar-refractivity contribution in [3.63, 3.8) is 0 Å². The van der Waals surface area contributed by atoms with Gasteiger partial charge in [0.1, 0.15) is 0 Å². The molecule has 4 heteroatoms. The molecule has 226 valence electrons. The summed E-state index contributed by atoms with van der Waals surface area (Å²) in [6.07, 6.45) is 8.01.